The molecule has 0 radical (unpaired) electrons. The van der Waals surface area contributed by atoms with Crippen molar-refractivity contribution in [2.45, 2.75) is 32.8 Å². The molecule has 1 N–H and O–H groups in total. The summed E-state index contributed by atoms with van der Waals surface area (Å²) >= 11 is 6.17. The van der Waals surface area contributed by atoms with E-state index < -0.39 is 0 Å². The maximum Gasteiger partial charge on any atom is 0.292 e. The first-order valence-electron chi connectivity index (χ1n) is 3.98. The van der Waals surface area contributed by atoms with Crippen LogP contribution >= 0.6 is 23.8 Å². The van der Waals surface area contributed by atoms with E-state index in [1.54, 1.807) is 0 Å². The van der Waals surface area contributed by atoms with Crippen molar-refractivity contribution in [3.63, 3.8) is 0 Å². The van der Waals surface area contributed by atoms with E-state index in [-0.39, 0.29) is 6.10 Å². The van der Waals surface area contributed by atoms with Crippen molar-refractivity contribution in [1.82, 2.24) is 9.36 Å². The van der Waals surface area contributed by atoms with Gasteiger partial charge < -0.3 is 4.74 Å². The van der Waals surface area contributed by atoms with Crippen molar-refractivity contribution in [1.29, 1.82) is 0 Å². The monoisotopic (exact) mass is 204 g/mol. The lowest BCUT2D eigenvalue weighted by Crippen LogP contribution is -2.13. The van der Waals surface area contributed by atoms with Crippen molar-refractivity contribution in [3.05, 3.63) is 4.77 Å². The van der Waals surface area contributed by atoms with Gasteiger partial charge in [0.15, 0.2) is 0 Å². The Hall–Kier alpha value is -0.420. The molecule has 12 heavy (non-hydrogen) atoms. The second kappa shape index (κ2) is 4.57. The van der Waals surface area contributed by atoms with Crippen LogP contribution in [0, 0.1) is 4.77 Å². The Morgan fingerprint density at radius 2 is 2.25 bits per heavy atom. The second-order valence-electron chi connectivity index (χ2n) is 2.44. The number of nitrogens with zero attached hydrogens (tertiary/aromatic N) is 1. The zero-order valence-electron chi connectivity index (χ0n) is 7.16. The predicted octanol–water partition coefficient (Wildman–Crippen LogP) is 2.77. The molecule has 0 fully saturated rings. The van der Waals surface area contributed by atoms with Crippen molar-refractivity contribution in [2.24, 2.45) is 0 Å². The molecule has 0 aliphatic heterocycles. The van der Waals surface area contributed by atoms with E-state index in [0.717, 1.165) is 12.8 Å². The topological polar surface area (TPSA) is 37.9 Å². The summed E-state index contributed by atoms with van der Waals surface area (Å²) < 4.78 is 8.89. The third-order valence-electron chi connectivity index (χ3n) is 1.60. The fraction of sp³-hybridized carbons (Fsp3) is 0.714. The number of nitrogens with one attached hydrogen (secondary N) is 1. The zero-order valence-corrected chi connectivity index (χ0v) is 8.80. The Labute approximate surface area is 80.9 Å². The Bertz CT molecular complexity index is 277. The van der Waals surface area contributed by atoms with Crippen LogP contribution in [0.2, 0.25) is 0 Å². The van der Waals surface area contributed by atoms with Crippen molar-refractivity contribution >= 4 is 23.8 Å². The van der Waals surface area contributed by atoms with Crippen LogP contribution in [0.25, 0.3) is 0 Å². The van der Waals surface area contributed by atoms with Gasteiger partial charge in [-0.1, -0.05) is 13.8 Å². The Morgan fingerprint density at radius 3 is 2.67 bits per heavy atom. The summed E-state index contributed by atoms with van der Waals surface area (Å²) in [5.74, 6) is 0. The predicted molar refractivity (Wildman–Crippen MR) is 52.3 cm³/mol. The summed E-state index contributed by atoms with van der Waals surface area (Å²) in [4.78, 5) is 4.00. The van der Waals surface area contributed by atoms with Crippen LogP contribution in [-0.4, -0.2) is 15.5 Å². The molecule has 0 saturated carbocycles. The van der Waals surface area contributed by atoms with Crippen LogP contribution < -0.4 is 4.74 Å². The molecule has 0 aromatic carbocycles. The number of hydrogen-bond acceptors (Lipinski definition) is 4. The minimum atomic E-state index is 0.263. The Balaban J connectivity index is 2.56. The maximum absolute atomic E-state index is 5.54. The molecule has 1 heterocycles. The number of H-pyrrole nitrogens is 1. The lowest BCUT2D eigenvalue weighted by atomic mass is 10.2. The van der Waals surface area contributed by atoms with E-state index in [2.05, 4.69) is 23.2 Å². The third kappa shape index (κ3) is 2.57. The average molecular weight is 204 g/mol. The minimum absolute atomic E-state index is 0.263. The molecule has 0 saturated heterocycles. The molecular weight excluding hydrogens is 192 g/mol. The van der Waals surface area contributed by atoms with Gasteiger partial charge in [0.25, 0.3) is 5.19 Å². The van der Waals surface area contributed by atoms with Gasteiger partial charge in [-0.2, -0.15) is 4.98 Å². The van der Waals surface area contributed by atoms with Crippen molar-refractivity contribution in [2.75, 3.05) is 0 Å². The molecule has 3 nitrogen and oxygen atoms in total. The molecule has 1 aromatic rings. The van der Waals surface area contributed by atoms with E-state index in [1.165, 1.54) is 11.5 Å². The Morgan fingerprint density at radius 1 is 1.58 bits per heavy atom. The highest BCUT2D eigenvalue weighted by atomic mass is 32.1. The quantitative estimate of drug-likeness (QED) is 0.766. The molecular formula is C7H12N2OS2. The van der Waals surface area contributed by atoms with E-state index in [9.17, 15) is 0 Å². The molecule has 68 valence electrons. The molecule has 0 spiro atoms. The van der Waals surface area contributed by atoms with Crippen LogP contribution in [0.15, 0.2) is 0 Å². The SMILES string of the molecule is CCC(CC)Oc1nc(=S)[nH]s1. The molecule has 0 aliphatic rings. The first-order valence-corrected chi connectivity index (χ1v) is 5.20. The van der Waals surface area contributed by atoms with E-state index >= 15 is 0 Å². The van der Waals surface area contributed by atoms with Crippen LogP contribution in [0.5, 0.6) is 5.19 Å². The molecule has 1 aromatic heterocycles. The summed E-state index contributed by atoms with van der Waals surface area (Å²) in [6.45, 7) is 4.19. The summed E-state index contributed by atoms with van der Waals surface area (Å²) in [5, 5.41) is 0.647. The molecule has 5 heteroatoms. The van der Waals surface area contributed by atoms with E-state index in [4.69, 9.17) is 17.0 Å². The van der Waals surface area contributed by atoms with Gasteiger partial charge in [0, 0.05) is 0 Å². The van der Waals surface area contributed by atoms with Gasteiger partial charge in [0.2, 0.25) is 4.77 Å². The fourth-order valence-electron chi connectivity index (χ4n) is 0.864. The highest BCUT2D eigenvalue weighted by Gasteiger charge is 2.06. The summed E-state index contributed by atoms with van der Waals surface area (Å²) in [5.41, 5.74) is 0. The Kier molecular flexibility index (Phi) is 3.68. The highest BCUT2D eigenvalue weighted by Crippen LogP contribution is 2.15. The van der Waals surface area contributed by atoms with Crippen molar-refractivity contribution in [3.8, 4) is 5.19 Å². The lowest BCUT2D eigenvalue weighted by Gasteiger charge is -2.11. The van der Waals surface area contributed by atoms with Crippen LogP contribution in [0.4, 0.5) is 0 Å². The lowest BCUT2D eigenvalue weighted by molar-refractivity contribution is 0.192. The molecule has 0 bridgehead atoms. The minimum Gasteiger partial charge on any atom is -0.466 e. The fourth-order valence-corrected chi connectivity index (χ4v) is 1.67. The largest absolute Gasteiger partial charge is 0.466 e. The second-order valence-corrected chi connectivity index (χ2v) is 3.59. The van der Waals surface area contributed by atoms with Gasteiger partial charge in [-0.3, -0.25) is 4.37 Å². The van der Waals surface area contributed by atoms with Crippen LogP contribution in [0.1, 0.15) is 26.7 Å². The van der Waals surface area contributed by atoms with Gasteiger partial charge >= 0.3 is 0 Å². The third-order valence-corrected chi connectivity index (χ3v) is 2.58. The number of ether oxygens (including phenoxy) is 1. The van der Waals surface area contributed by atoms with Gasteiger partial charge in [-0.15, -0.1) is 0 Å². The van der Waals surface area contributed by atoms with Crippen LogP contribution in [0.3, 0.4) is 0 Å². The number of rotatable bonds is 4. The average Bonchev–Trinajstić information content (AvgIpc) is 2.47. The first-order chi connectivity index (χ1) is 5.76. The maximum atomic E-state index is 5.54. The summed E-state index contributed by atoms with van der Waals surface area (Å²) in [6.07, 6.45) is 2.27. The number of hydrogen-bond donors (Lipinski definition) is 1. The van der Waals surface area contributed by atoms with Gasteiger partial charge in [0.1, 0.15) is 6.10 Å². The first kappa shape index (κ1) is 9.67. The van der Waals surface area contributed by atoms with E-state index in [1.807, 2.05) is 0 Å². The molecule has 0 unspecified atom stereocenters. The van der Waals surface area contributed by atoms with Crippen LogP contribution in [-0.2, 0) is 0 Å². The molecule has 0 atom stereocenters. The van der Waals surface area contributed by atoms with E-state index in [0.29, 0.717) is 9.96 Å². The van der Waals surface area contributed by atoms with Crippen molar-refractivity contribution < 1.29 is 4.74 Å². The smallest absolute Gasteiger partial charge is 0.292 e. The zero-order chi connectivity index (χ0) is 8.97. The van der Waals surface area contributed by atoms with Gasteiger partial charge in [-0.25, -0.2) is 0 Å². The summed E-state index contributed by atoms with van der Waals surface area (Å²) in [6, 6.07) is 0. The highest BCUT2D eigenvalue weighted by molar-refractivity contribution is 7.71. The molecule has 0 aliphatic carbocycles. The van der Waals surface area contributed by atoms with Gasteiger partial charge in [0.05, 0.1) is 0 Å². The number of aromatic amines is 1. The normalized spacial score (nSPS) is 10.6. The summed E-state index contributed by atoms with van der Waals surface area (Å²) in [7, 11) is 0. The molecule has 0 amide bonds. The van der Waals surface area contributed by atoms with Gasteiger partial charge in [-0.05, 0) is 36.6 Å². The standard InChI is InChI=1S/C7H12N2OS2/c1-3-5(4-2)10-7-8-6(11)9-12-7/h5H,3-4H2,1-2H3,(H,9,11). The number of aromatic nitrogens is 2. The molecule has 1 rings (SSSR count).